The Morgan fingerprint density at radius 2 is 2.13 bits per heavy atom. The number of Topliss-reactive ketones (excluding diaryl/α,β-unsaturated/α-hetero) is 1. The first-order valence-electron chi connectivity index (χ1n) is 8.04. The molecule has 0 radical (unpaired) electrons. The fraction of sp³-hybridized carbons (Fsp3) is 0.368. The summed E-state index contributed by atoms with van der Waals surface area (Å²) < 4.78 is 5.37. The average Bonchev–Trinajstić information content (AvgIpc) is 3.12. The summed E-state index contributed by atoms with van der Waals surface area (Å²) in [5.41, 5.74) is 2.34. The van der Waals surface area contributed by atoms with Gasteiger partial charge in [-0.3, -0.25) is 9.59 Å². The normalized spacial score (nSPS) is 18.3. The Labute approximate surface area is 135 Å². The maximum absolute atomic E-state index is 12.7. The summed E-state index contributed by atoms with van der Waals surface area (Å²) in [6, 6.07) is 7.66. The van der Waals surface area contributed by atoms with E-state index in [2.05, 4.69) is 17.1 Å². The van der Waals surface area contributed by atoms with Crippen LogP contribution in [0.25, 0.3) is 10.9 Å². The minimum absolute atomic E-state index is 0.157. The lowest BCUT2D eigenvalue weighted by Crippen LogP contribution is -2.25. The van der Waals surface area contributed by atoms with Crippen molar-refractivity contribution in [1.82, 2.24) is 4.98 Å². The molecule has 0 saturated heterocycles. The number of aromatic amines is 1. The van der Waals surface area contributed by atoms with E-state index in [-0.39, 0.29) is 17.7 Å². The van der Waals surface area contributed by atoms with Gasteiger partial charge in [-0.1, -0.05) is 30.4 Å². The molecule has 2 atom stereocenters. The third-order valence-electron chi connectivity index (χ3n) is 4.36. The van der Waals surface area contributed by atoms with Crippen molar-refractivity contribution < 1.29 is 14.3 Å². The molecule has 0 saturated carbocycles. The van der Waals surface area contributed by atoms with Crippen molar-refractivity contribution in [3.8, 4) is 0 Å². The number of benzene rings is 1. The molecule has 1 N–H and O–H groups in total. The molecule has 0 fully saturated rings. The molecule has 120 valence electrons. The first kappa shape index (κ1) is 15.5. The van der Waals surface area contributed by atoms with Crippen LogP contribution in [0.5, 0.6) is 0 Å². The number of allylic oxidation sites excluding steroid dienone is 2. The SMILES string of the molecule is Cc1[nH]c2ccccc2c1C(=O)[C@@H](C)OC(=O)C[C@@H]1C=CCC1. The van der Waals surface area contributed by atoms with Gasteiger partial charge in [0.25, 0.3) is 0 Å². The van der Waals surface area contributed by atoms with Gasteiger partial charge in [-0.15, -0.1) is 0 Å². The molecular formula is C19H21NO3. The Hall–Kier alpha value is -2.36. The number of rotatable bonds is 5. The Balaban J connectivity index is 1.72. The molecule has 1 aromatic carbocycles. The highest BCUT2D eigenvalue weighted by molar-refractivity contribution is 6.11. The van der Waals surface area contributed by atoms with Crippen LogP contribution in [0, 0.1) is 12.8 Å². The molecule has 1 aromatic heterocycles. The molecule has 0 bridgehead atoms. The number of para-hydroxylation sites is 1. The van der Waals surface area contributed by atoms with E-state index in [4.69, 9.17) is 4.74 Å². The van der Waals surface area contributed by atoms with Crippen LogP contribution in [0.1, 0.15) is 42.2 Å². The van der Waals surface area contributed by atoms with Gasteiger partial charge in [-0.05, 0) is 38.7 Å². The van der Waals surface area contributed by atoms with Crippen LogP contribution in [-0.4, -0.2) is 22.8 Å². The van der Waals surface area contributed by atoms with Gasteiger partial charge in [0.1, 0.15) is 0 Å². The molecule has 1 heterocycles. The highest BCUT2D eigenvalue weighted by Gasteiger charge is 2.25. The van der Waals surface area contributed by atoms with Gasteiger partial charge in [0.15, 0.2) is 6.10 Å². The third kappa shape index (κ3) is 3.21. The lowest BCUT2D eigenvalue weighted by molar-refractivity contribution is -0.147. The zero-order valence-electron chi connectivity index (χ0n) is 13.5. The molecule has 0 unspecified atom stereocenters. The van der Waals surface area contributed by atoms with Crippen molar-refractivity contribution in [1.29, 1.82) is 0 Å². The zero-order valence-corrected chi connectivity index (χ0v) is 13.5. The molecule has 4 nitrogen and oxygen atoms in total. The molecule has 0 aliphatic heterocycles. The van der Waals surface area contributed by atoms with E-state index in [1.54, 1.807) is 6.92 Å². The number of ether oxygens (including phenoxy) is 1. The minimum atomic E-state index is -0.772. The molecular weight excluding hydrogens is 290 g/mol. The Bertz CT molecular complexity index is 772. The lowest BCUT2D eigenvalue weighted by atomic mass is 10.0. The van der Waals surface area contributed by atoms with Crippen LogP contribution in [0.15, 0.2) is 36.4 Å². The van der Waals surface area contributed by atoms with E-state index < -0.39 is 6.10 Å². The summed E-state index contributed by atoms with van der Waals surface area (Å²) in [5, 5.41) is 0.872. The van der Waals surface area contributed by atoms with E-state index in [0.29, 0.717) is 12.0 Å². The number of hydrogen-bond donors (Lipinski definition) is 1. The van der Waals surface area contributed by atoms with Crippen molar-refractivity contribution in [2.45, 2.75) is 39.2 Å². The summed E-state index contributed by atoms with van der Waals surface area (Å²) in [5.74, 6) is -0.213. The molecule has 23 heavy (non-hydrogen) atoms. The molecule has 3 rings (SSSR count). The number of ketones is 1. The second-order valence-corrected chi connectivity index (χ2v) is 6.14. The predicted octanol–water partition coefficient (Wildman–Crippen LogP) is 3.95. The number of carbonyl (C=O) groups is 2. The number of carbonyl (C=O) groups excluding carboxylic acids is 2. The van der Waals surface area contributed by atoms with E-state index in [9.17, 15) is 9.59 Å². The summed E-state index contributed by atoms with van der Waals surface area (Å²) >= 11 is 0. The van der Waals surface area contributed by atoms with Crippen molar-refractivity contribution >= 4 is 22.7 Å². The van der Waals surface area contributed by atoms with Gasteiger partial charge in [-0.25, -0.2) is 0 Å². The maximum Gasteiger partial charge on any atom is 0.307 e. The van der Waals surface area contributed by atoms with E-state index in [1.807, 2.05) is 31.2 Å². The summed E-state index contributed by atoms with van der Waals surface area (Å²) in [7, 11) is 0. The Morgan fingerprint density at radius 1 is 1.35 bits per heavy atom. The standard InChI is InChI=1S/C19H21NO3/c1-12-18(15-9-5-6-10-16(15)20-12)19(22)13(2)23-17(21)11-14-7-3-4-8-14/h3,5-7,9-10,13-14,20H,4,8,11H2,1-2H3/t13-,14-/m1/s1. The van der Waals surface area contributed by atoms with Gasteiger partial charge < -0.3 is 9.72 Å². The molecule has 1 aliphatic carbocycles. The zero-order chi connectivity index (χ0) is 16.4. The molecule has 2 aromatic rings. The number of aromatic nitrogens is 1. The monoisotopic (exact) mass is 311 g/mol. The molecule has 4 heteroatoms. The highest BCUT2D eigenvalue weighted by Crippen LogP contribution is 2.25. The predicted molar refractivity (Wildman–Crippen MR) is 89.4 cm³/mol. The van der Waals surface area contributed by atoms with E-state index in [1.165, 1.54) is 0 Å². The number of aryl methyl sites for hydroxylation is 1. The molecule has 0 spiro atoms. The van der Waals surface area contributed by atoms with Crippen LogP contribution in [0.3, 0.4) is 0 Å². The number of nitrogens with one attached hydrogen (secondary N) is 1. The Morgan fingerprint density at radius 3 is 2.87 bits per heavy atom. The number of fused-ring (bicyclic) bond motifs is 1. The van der Waals surface area contributed by atoms with Crippen LogP contribution in [-0.2, 0) is 9.53 Å². The lowest BCUT2D eigenvalue weighted by Gasteiger charge is -2.14. The van der Waals surface area contributed by atoms with Crippen LogP contribution in [0.2, 0.25) is 0 Å². The van der Waals surface area contributed by atoms with Gasteiger partial charge in [0.2, 0.25) is 5.78 Å². The largest absolute Gasteiger partial charge is 0.454 e. The number of H-pyrrole nitrogens is 1. The Kier molecular flexibility index (Phi) is 4.33. The van der Waals surface area contributed by atoms with Gasteiger partial charge in [-0.2, -0.15) is 0 Å². The van der Waals surface area contributed by atoms with Crippen LogP contribution in [0.4, 0.5) is 0 Å². The van der Waals surface area contributed by atoms with Crippen LogP contribution < -0.4 is 0 Å². The quantitative estimate of drug-likeness (QED) is 0.517. The number of esters is 1. The van der Waals surface area contributed by atoms with E-state index >= 15 is 0 Å². The maximum atomic E-state index is 12.7. The smallest absolute Gasteiger partial charge is 0.307 e. The minimum Gasteiger partial charge on any atom is -0.454 e. The fourth-order valence-electron chi connectivity index (χ4n) is 3.18. The summed E-state index contributed by atoms with van der Waals surface area (Å²) in [6.07, 6.45) is 5.71. The van der Waals surface area contributed by atoms with Crippen molar-refractivity contribution in [3.05, 3.63) is 47.7 Å². The first-order valence-corrected chi connectivity index (χ1v) is 8.04. The van der Waals surface area contributed by atoms with E-state index in [0.717, 1.165) is 29.4 Å². The second kappa shape index (κ2) is 6.41. The van der Waals surface area contributed by atoms with Gasteiger partial charge in [0, 0.05) is 22.2 Å². The average molecular weight is 311 g/mol. The molecule has 0 amide bonds. The number of hydrogen-bond acceptors (Lipinski definition) is 3. The third-order valence-corrected chi connectivity index (χ3v) is 4.36. The summed E-state index contributed by atoms with van der Waals surface area (Å²) in [6.45, 7) is 3.51. The van der Waals surface area contributed by atoms with Crippen molar-refractivity contribution in [2.24, 2.45) is 5.92 Å². The first-order chi connectivity index (χ1) is 11.1. The fourth-order valence-corrected chi connectivity index (χ4v) is 3.18. The van der Waals surface area contributed by atoms with Crippen molar-refractivity contribution in [3.63, 3.8) is 0 Å². The summed E-state index contributed by atoms with van der Waals surface area (Å²) in [4.78, 5) is 27.9. The second-order valence-electron chi connectivity index (χ2n) is 6.14. The molecule has 1 aliphatic rings. The van der Waals surface area contributed by atoms with Gasteiger partial charge in [0.05, 0.1) is 6.42 Å². The van der Waals surface area contributed by atoms with Crippen LogP contribution >= 0.6 is 0 Å². The topological polar surface area (TPSA) is 59.2 Å². The van der Waals surface area contributed by atoms with Crippen molar-refractivity contribution in [2.75, 3.05) is 0 Å². The van der Waals surface area contributed by atoms with Gasteiger partial charge >= 0.3 is 5.97 Å². The highest BCUT2D eigenvalue weighted by atomic mass is 16.5.